The van der Waals surface area contributed by atoms with Crippen molar-refractivity contribution in [3.8, 4) is 0 Å². The van der Waals surface area contributed by atoms with E-state index in [1.54, 1.807) is 44.1 Å². The van der Waals surface area contributed by atoms with Crippen LogP contribution in [0.5, 0.6) is 0 Å². The summed E-state index contributed by atoms with van der Waals surface area (Å²) in [5.41, 5.74) is 1.09. The summed E-state index contributed by atoms with van der Waals surface area (Å²) in [5, 5.41) is 4.35. The van der Waals surface area contributed by atoms with Gasteiger partial charge in [-0.25, -0.2) is 14.8 Å². The van der Waals surface area contributed by atoms with E-state index in [9.17, 15) is 9.59 Å². The second-order valence-corrected chi connectivity index (χ2v) is 11.1. The molecule has 8 nitrogen and oxygen atoms in total. The van der Waals surface area contributed by atoms with Crippen molar-refractivity contribution < 1.29 is 14.3 Å². The maximum atomic E-state index is 13.6. The maximum Gasteiger partial charge on any atom is 0.408 e. The third-order valence-electron chi connectivity index (χ3n) is 5.81. The van der Waals surface area contributed by atoms with Crippen LogP contribution in [0, 0.1) is 0 Å². The van der Waals surface area contributed by atoms with Crippen molar-refractivity contribution in [3.05, 3.63) is 63.9 Å². The molecule has 1 N–H and O–H groups in total. The smallest absolute Gasteiger partial charge is 0.408 e. The molecule has 1 unspecified atom stereocenters. The highest BCUT2D eigenvalue weighted by molar-refractivity contribution is 9.10. The summed E-state index contributed by atoms with van der Waals surface area (Å²) in [6, 6.07) is 12.4. The number of carbonyl (C=O) groups is 2. The van der Waals surface area contributed by atoms with Crippen LogP contribution in [0.1, 0.15) is 26.3 Å². The van der Waals surface area contributed by atoms with Crippen molar-refractivity contribution in [3.63, 3.8) is 0 Å². The van der Waals surface area contributed by atoms with E-state index in [0.717, 1.165) is 26.8 Å². The van der Waals surface area contributed by atoms with Gasteiger partial charge >= 0.3 is 6.09 Å². The van der Waals surface area contributed by atoms with Crippen molar-refractivity contribution in [2.24, 2.45) is 0 Å². The van der Waals surface area contributed by atoms with Crippen molar-refractivity contribution >= 4 is 56.3 Å². The number of halogens is 2. The van der Waals surface area contributed by atoms with Gasteiger partial charge in [0.25, 0.3) is 0 Å². The number of amides is 2. The lowest BCUT2D eigenvalue weighted by atomic mass is 10.0. The molecule has 2 heterocycles. The molecule has 190 valence electrons. The van der Waals surface area contributed by atoms with Crippen LogP contribution >= 0.6 is 27.5 Å². The van der Waals surface area contributed by atoms with Crippen LogP contribution in [-0.2, 0) is 16.0 Å². The molecular formula is C26H29BrClN5O3. The third kappa shape index (κ3) is 6.64. The number of alkyl carbamates (subject to hydrolysis) is 1. The van der Waals surface area contributed by atoms with Gasteiger partial charge in [-0.2, -0.15) is 0 Å². The second-order valence-electron chi connectivity index (χ2n) is 9.70. The highest BCUT2D eigenvalue weighted by Gasteiger charge is 2.31. The zero-order valence-corrected chi connectivity index (χ0v) is 22.8. The average Bonchev–Trinajstić information content (AvgIpc) is 2.83. The second kappa shape index (κ2) is 11.0. The fraction of sp³-hybridized carbons (Fsp3) is 0.385. The van der Waals surface area contributed by atoms with E-state index in [1.807, 2.05) is 30.3 Å². The number of rotatable bonds is 5. The van der Waals surface area contributed by atoms with Crippen LogP contribution < -0.4 is 10.2 Å². The SMILES string of the molecule is CC(C)(C)OC(=O)NC(Cc1ccc(Cl)cc1)C(=O)N1CCN(c2ncnc3ccc(Br)cc23)CC1. The molecule has 1 fully saturated rings. The normalized spacial score (nSPS) is 15.0. The zero-order chi connectivity index (χ0) is 25.9. The summed E-state index contributed by atoms with van der Waals surface area (Å²) in [6.07, 6.45) is 1.28. The van der Waals surface area contributed by atoms with Crippen molar-refractivity contribution in [1.82, 2.24) is 20.2 Å². The number of hydrogen-bond donors (Lipinski definition) is 1. The van der Waals surface area contributed by atoms with E-state index in [1.165, 1.54) is 0 Å². The minimum atomic E-state index is -0.761. The standard InChI is InChI=1S/C26H29BrClN5O3/c1-26(2,3)36-25(35)31-22(14-17-4-7-19(28)8-5-17)24(34)33-12-10-32(11-13-33)23-20-15-18(27)6-9-21(20)29-16-30-23/h4-9,15-16,22H,10-14H2,1-3H3,(H,31,35). The Balaban J connectivity index is 1.47. The van der Waals surface area contributed by atoms with Gasteiger partial charge in [-0.15, -0.1) is 0 Å². The molecule has 1 saturated heterocycles. The van der Waals surface area contributed by atoms with Crippen LogP contribution in [0.15, 0.2) is 53.3 Å². The van der Waals surface area contributed by atoms with Gasteiger partial charge in [0.05, 0.1) is 5.52 Å². The van der Waals surface area contributed by atoms with E-state index < -0.39 is 17.7 Å². The van der Waals surface area contributed by atoms with Crippen LogP contribution in [0.2, 0.25) is 5.02 Å². The van der Waals surface area contributed by atoms with Gasteiger partial charge in [0.2, 0.25) is 5.91 Å². The van der Waals surface area contributed by atoms with Gasteiger partial charge in [-0.1, -0.05) is 39.7 Å². The Labute approximate surface area is 224 Å². The lowest BCUT2D eigenvalue weighted by Crippen LogP contribution is -2.56. The first-order chi connectivity index (χ1) is 17.1. The fourth-order valence-corrected chi connectivity index (χ4v) is 4.62. The predicted molar refractivity (Wildman–Crippen MR) is 144 cm³/mol. The summed E-state index contributed by atoms with van der Waals surface area (Å²) < 4.78 is 6.38. The van der Waals surface area contributed by atoms with Crippen LogP contribution in [0.4, 0.5) is 10.6 Å². The molecule has 4 rings (SSSR count). The molecule has 2 aromatic carbocycles. The van der Waals surface area contributed by atoms with Crippen molar-refractivity contribution in [1.29, 1.82) is 0 Å². The van der Waals surface area contributed by atoms with Gasteiger partial charge < -0.3 is 19.9 Å². The molecule has 10 heteroatoms. The predicted octanol–water partition coefficient (Wildman–Crippen LogP) is 4.83. The van der Waals surface area contributed by atoms with E-state index in [2.05, 4.69) is 36.1 Å². The molecule has 0 bridgehead atoms. The number of piperazine rings is 1. The van der Waals surface area contributed by atoms with Crippen LogP contribution in [0.25, 0.3) is 10.9 Å². The maximum absolute atomic E-state index is 13.6. The number of anilines is 1. The number of ether oxygens (including phenoxy) is 1. The molecule has 3 aromatic rings. The lowest BCUT2D eigenvalue weighted by molar-refractivity contribution is -0.133. The summed E-state index contributed by atoms with van der Waals surface area (Å²) >= 11 is 9.54. The molecule has 36 heavy (non-hydrogen) atoms. The number of benzene rings is 2. The highest BCUT2D eigenvalue weighted by atomic mass is 79.9. The Morgan fingerprint density at radius 2 is 1.78 bits per heavy atom. The first-order valence-electron chi connectivity index (χ1n) is 11.8. The Kier molecular flexibility index (Phi) is 8.00. The van der Waals surface area contributed by atoms with E-state index in [4.69, 9.17) is 16.3 Å². The first kappa shape index (κ1) is 26.2. The van der Waals surface area contributed by atoms with Gasteiger partial charge in [-0.05, 0) is 56.7 Å². The summed E-state index contributed by atoms with van der Waals surface area (Å²) in [6.45, 7) is 7.61. The van der Waals surface area contributed by atoms with Gasteiger partial charge in [0, 0.05) is 47.5 Å². The first-order valence-corrected chi connectivity index (χ1v) is 12.9. The summed E-state index contributed by atoms with van der Waals surface area (Å²) in [5.74, 6) is 0.698. The van der Waals surface area contributed by atoms with Crippen molar-refractivity contribution in [2.45, 2.75) is 38.8 Å². The van der Waals surface area contributed by atoms with Crippen LogP contribution in [0.3, 0.4) is 0 Å². The molecule has 1 atom stereocenters. The Hall–Kier alpha value is -2.91. The molecule has 0 spiro atoms. The number of fused-ring (bicyclic) bond motifs is 1. The number of aromatic nitrogens is 2. The Morgan fingerprint density at radius 3 is 2.44 bits per heavy atom. The topological polar surface area (TPSA) is 87.7 Å². The quantitative estimate of drug-likeness (QED) is 0.470. The van der Waals surface area contributed by atoms with Gasteiger partial charge in [-0.3, -0.25) is 4.79 Å². The number of nitrogens with one attached hydrogen (secondary N) is 1. The van der Waals surface area contributed by atoms with E-state index in [-0.39, 0.29) is 5.91 Å². The van der Waals surface area contributed by atoms with Crippen molar-refractivity contribution in [2.75, 3.05) is 31.1 Å². The molecule has 1 aliphatic heterocycles. The molecular weight excluding hydrogens is 546 g/mol. The molecule has 0 aliphatic carbocycles. The van der Waals surface area contributed by atoms with Crippen LogP contribution in [-0.4, -0.2) is 64.7 Å². The number of nitrogens with zero attached hydrogens (tertiary/aromatic N) is 4. The lowest BCUT2D eigenvalue weighted by Gasteiger charge is -2.37. The zero-order valence-electron chi connectivity index (χ0n) is 20.5. The van der Waals surface area contributed by atoms with Gasteiger partial charge in [0.1, 0.15) is 23.8 Å². The molecule has 2 amide bonds. The number of carbonyl (C=O) groups excluding carboxylic acids is 2. The summed E-state index contributed by atoms with van der Waals surface area (Å²) in [4.78, 5) is 38.9. The average molecular weight is 575 g/mol. The van der Waals surface area contributed by atoms with Gasteiger partial charge in [0.15, 0.2) is 0 Å². The molecule has 1 aliphatic rings. The fourth-order valence-electron chi connectivity index (χ4n) is 4.13. The minimum Gasteiger partial charge on any atom is -0.444 e. The number of hydrogen-bond acceptors (Lipinski definition) is 6. The molecule has 0 saturated carbocycles. The highest BCUT2D eigenvalue weighted by Crippen LogP contribution is 2.27. The molecule has 1 aromatic heterocycles. The monoisotopic (exact) mass is 573 g/mol. The largest absolute Gasteiger partial charge is 0.444 e. The Bertz CT molecular complexity index is 1240. The minimum absolute atomic E-state index is 0.147. The third-order valence-corrected chi connectivity index (χ3v) is 6.55. The van der Waals surface area contributed by atoms with E-state index >= 15 is 0 Å². The summed E-state index contributed by atoms with van der Waals surface area (Å²) in [7, 11) is 0. The Morgan fingerprint density at radius 1 is 1.08 bits per heavy atom. The molecule has 0 radical (unpaired) electrons. The van der Waals surface area contributed by atoms with E-state index in [0.29, 0.717) is 37.6 Å².